The first-order valence-electron chi connectivity index (χ1n) is 7.04. The molecule has 1 aromatic heterocycles. The van der Waals surface area contributed by atoms with E-state index in [0.29, 0.717) is 23.8 Å². The number of anilines is 1. The van der Waals surface area contributed by atoms with Crippen LogP contribution in [0.25, 0.3) is 0 Å². The van der Waals surface area contributed by atoms with Gasteiger partial charge in [0.2, 0.25) is 0 Å². The van der Waals surface area contributed by atoms with Gasteiger partial charge in [0.25, 0.3) is 0 Å². The van der Waals surface area contributed by atoms with Crippen molar-refractivity contribution in [3.63, 3.8) is 0 Å². The summed E-state index contributed by atoms with van der Waals surface area (Å²) in [7, 11) is 1.34. The van der Waals surface area contributed by atoms with Crippen LogP contribution < -0.4 is 5.32 Å². The maximum Gasteiger partial charge on any atom is 0.341 e. The van der Waals surface area contributed by atoms with Crippen molar-refractivity contribution in [1.29, 1.82) is 0 Å². The van der Waals surface area contributed by atoms with Crippen LogP contribution in [0.2, 0.25) is 0 Å². The Morgan fingerprint density at radius 2 is 2.45 bits per heavy atom. The molecule has 1 aliphatic rings. The Morgan fingerprint density at radius 1 is 1.65 bits per heavy atom. The van der Waals surface area contributed by atoms with E-state index >= 15 is 0 Å². The molecule has 0 amide bonds. The third-order valence-electron chi connectivity index (χ3n) is 3.87. The molecule has 1 aromatic rings. The number of esters is 1. The van der Waals surface area contributed by atoms with E-state index < -0.39 is 11.6 Å². The number of methoxy groups -OCH3 is 1. The van der Waals surface area contributed by atoms with Crippen molar-refractivity contribution in [2.75, 3.05) is 19.0 Å². The highest BCUT2D eigenvalue weighted by Gasteiger charge is 2.32. The fourth-order valence-electron chi connectivity index (χ4n) is 2.86. The number of carbonyl (C=O) groups is 1. The zero-order chi connectivity index (χ0) is 14.6. The highest BCUT2D eigenvalue weighted by molar-refractivity contribution is 5.94. The van der Waals surface area contributed by atoms with E-state index in [2.05, 4.69) is 17.2 Å². The maximum absolute atomic E-state index is 11.7. The van der Waals surface area contributed by atoms with Crippen LogP contribution in [0, 0.1) is 5.92 Å². The minimum atomic E-state index is -0.720. The van der Waals surface area contributed by atoms with E-state index in [1.165, 1.54) is 13.5 Å². The molecule has 0 radical (unpaired) electrons. The summed E-state index contributed by atoms with van der Waals surface area (Å²) in [6.07, 6.45) is 5.37. The lowest BCUT2D eigenvalue weighted by Gasteiger charge is -2.35. The topological polar surface area (TPSA) is 71.5 Å². The van der Waals surface area contributed by atoms with Crippen LogP contribution in [0.15, 0.2) is 18.3 Å². The lowest BCUT2D eigenvalue weighted by molar-refractivity contribution is -0.000880. The number of hydrogen-bond acceptors (Lipinski definition) is 5. The van der Waals surface area contributed by atoms with Crippen molar-refractivity contribution in [1.82, 2.24) is 4.98 Å². The molecule has 0 spiro atoms. The van der Waals surface area contributed by atoms with E-state index in [1.54, 1.807) is 18.3 Å². The van der Waals surface area contributed by atoms with E-state index in [9.17, 15) is 9.90 Å². The smallest absolute Gasteiger partial charge is 0.341 e. The van der Waals surface area contributed by atoms with Crippen LogP contribution in [0.4, 0.5) is 5.82 Å². The van der Waals surface area contributed by atoms with Gasteiger partial charge in [-0.2, -0.15) is 0 Å². The molecule has 2 N–H and O–H groups in total. The number of ether oxygens (including phenoxy) is 1. The molecule has 1 aliphatic carbocycles. The lowest BCUT2D eigenvalue weighted by atomic mass is 9.79. The molecule has 2 rings (SSSR count). The van der Waals surface area contributed by atoms with Gasteiger partial charge in [0.15, 0.2) is 0 Å². The van der Waals surface area contributed by atoms with Crippen LogP contribution in [0.1, 0.15) is 43.0 Å². The van der Waals surface area contributed by atoms with Crippen molar-refractivity contribution in [2.24, 2.45) is 5.92 Å². The summed E-state index contributed by atoms with van der Waals surface area (Å²) in [4.78, 5) is 15.8. The fraction of sp³-hybridized carbons (Fsp3) is 0.600. The Kier molecular flexibility index (Phi) is 4.60. The number of rotatable bonds is 4. The average Bonchev–Trinajstić information content (AvgIpc) is 2.44. The van der Waals surface area contributed by atoms with Gasteiger partial charge >= 0.3 is 5.97 Å². The second kappa shape index (κ2) is 6.22. The lowest BCUT2D eigenvalue weighted by Crippen LogP contribution is -2.41. The molecule has 1 heterocycles. The first kappa shape index (κ1) is 14.8. The zero-order valence-corrected chi connectivity index (χ0v) is 12.1. The molecule has 0 saturated heterocycles. The molecule has 1 saturated carbocycles. The standard InChI is InChI=1S/C15H22N2O3/c1-11-5-3-7-15(19,9-11)10-17-13-12(14(18)20-2)6-4-8-16-13/h4,6,8,11,19H,3,5,7,9-10H2,1-2H3,(H,16,17). The van der Waals surface area contributed by atoms with Gasteiger partial charge in [-0.15, -0.1) is 0 Å². The molecule has 110 valence electrons. The summed E-state index contributed by atoms with van der Waals surface area (Å²) < 4.78 is 4.73. The summed E-state index contributed by atoms with van der Waals surface area (Å²) in [5, 5.41) is 13.7. The number of nitrogens with zero attached hydrogens (tertiary/aromatic N) is 1. The Morgan fingerprint density at radius 3 is 3.15 bits per heavy atom. The van der Waals surface area contributed by atoms with Crippen molar-refractivity contribution in [3.05, 3.63) is 23.9 Å². The minimum absolute atomic E-state index is 0.391. The van der Waals surface area contributed by atoms with Crippen LogP contribution in [-0.4, -0.2) is 35.3 Å². The Labute approximate surface area is 119 Å². The van der Waals surface area contributed by atoms with E-state index in [0.717, 1.165) is 19.3 Å². The highest BCUT2D eigenvalue weighted by atomic mass is 16.5. The second-order valence-corrected chi connectivity index (χ2v) is 5.67. The molecule has 1 fully saturated rings. The van der Waals surface area contributed by atoms with Crippen LogP contribution in [-0.2, 0) is 4.74 Å². The van der Waals surface area contributed by atoms with Gasteiger partial charge in [0.1, 0.15) is 11.4 Å². The van der Waals surface area contributed by atoms with Crippen LogP contribution in [0.5, 0.6) is 0 Å². The van der Waals surface area contributed by atoms with Crippen molar-refractivity contribution in [3.8, 4) is 0 Å². The molecule has 5 nitrogen and oxygen atoms in total. The first-order valence-corrected chi connectivity index (χ1v) is 7.04. The van der Waals surface area contributed by atoms with Crippen molar-refractivity contribution < 1.29 is 14.6 Å². The molecule has 0 aromatic carbocycles. The predicted molar refractivity (Wildman–Crippen MR) is 76.6 cm³/mol. The predicted octanol–water partition coefficient (Wildman–Crippen LogP) is 2.22. The van der Waals surface area contributed by atoms with Gasteiger partial charge in [-0.1, -0.05) is 19.8 Å². The van der Waals surface area contributed by atoms with E-state index in [4.69, 9.17) is 4.74 Å². The van der Waals surface area contributed by atoms with Gasteiger partial charge < -0.3 is 15.2 Å². The van der Waals surface area contributed by atoms with E-state index in [-0.39, 0.29) is 0 Å². The highest BCUT2D eigenvalue weighted by Crippen LogP contribution is 2.32. The third-order valence-corrected chi connectivity index (χ3v) is 3.87. The molecule has 5 heteroatoms. The van der Waals surface area contributed by atoms with E-state index in [1.807, 2.05) is 0 Å². The quantitative estimate of drug-likeness (QED) is 0.826. The third kappa shape index (κ3) is 3.48. The summed E-state index contributed by atoms with van der Waals surface area (Å²) in [5.41, 5.74) is -0.329. The number of pyridine rings is 1. The molecule has 0 bridgehead atoms. The molecular weight excluding hydrogens is 256 g/mol. The van der Waals surface area contributed by atoms with Crippen LogP contribution >= 0.6 is 0 Å². The first-order chi connectivity index (χ1) is 9.54. The zero-order valence-electron chi connectivity index (χ0n) is 12.1. The minimum Gasteiger partial charge on any atom is -0.465 e. The monoisotopic (exact) mass is 278 g/mol. The number of carbonyl (C=O) groups excluding carboxylic acids is 1. The summed E-state index contributed by atoms with van der Waals surface area (Å²) >= 11 is 0. The van der Waals surface area contributed by atoms with Crippen molar-refractivity contribution >= 4 is 11.8 Å². The van der Waals surface area contributed by atoms with Gasteiger partial charge in [-0.05, 0) is 30.9 Å². The SMILES string of the molecule is COC(=O)c1cccnc1NCC1(O)CCCC(C)C1. The summed E-state index contributed by atoms with van der Waals surface area (Å²) in [6, 6.07) is 3.35. The molecule has 20 heavy (non-hydrogen) atoms. The van der Waals surface area contributed by atoms with Gasteiger partial charge in [0.05, 0.1) is 12.7 Å². The maximum atomic E-state index is 11.7. The molecule has 2 unspecified atom stereocenters. The second-order valence-electron chi connectivity index (χ2n) is 5.67. The molecular formula is C15H22N2O3. The van der Waals surface area contributed by atoms with Crippen molar-refractivity contribution in [2.45, 2.75) is 38.2 Å². The average molecular weight is 278 g/mol. The van der Waals surface area contributed by atoms with Gasteiger partial charge in [0, 0.05) is 12.7 Å². The number of hydrogen-bond donors (Lipinski definition) is 2. The Balaban J connectivity index is 2.05. The Bertz CT molecular complexity index is 478. The van der Waals surface area contributed by atoms with Gasteiger partial charge in [-0.3, -0.25) is 0 Å². The Hall–Kier alpha value is -1.62. The fourth-order valence-corrected chi connectivity index (χ4v) is 2.86. The summed E-state index contributed by atoms with van der Waals surface area (Å²) in [5.74, 6) is 0.565. The number of aliphatic hydroxyl groups is 1. The molecule has 0 aliphatic heterocycles. The largest absolute Gasteiger partial charge is 0.465 e. The molecule has 2 atom stereocenters. The summed E-state index contributed by atoms with van der Waals surface area (Å²) in [6.45, 7) is 2.56. The van der Waals surface area contributed by atoms with Crippen LogP contribution in [0.3, 0.4) is 0 Å². The normalized spacial score (nSPS) is 26.1. The number of nitrogens with one attached hydrogen (secondary N) is 1. The number of aromatic nitrogens is 1. The van der Waals surface area contributed by atoms with Gasteiger partial charge in [-0.25, -0.2) is 9.78 Å².